The number of nitrogens with zero attached hydrogens (tertiary/aromatic N) is 1. The fourth-order valence-electron chi connectivity index (χ4n) is 1.40. The van der Waals surface area contributed by atoms with Crippen LogP contribution in [-0.2, 0) is 14.8 Å². The minimum Gasteiger partial charge on any atom is -0.272 e. The van der Waals surface area contributed by atoms with E-state index in [-0.39, 0.29) is 11.3 Å². The molecular weight excluding hydrogens is 252 g/mol. The molecule has 0 saturated carbocycles. The molecule has 0 aliphatic heterocycles. The number of hydrazine groups is 1. The number of sulfonamides is 1. The van der Waals surface area contributed by atoms with Crippen molar-refractivity contribution in [1.29, 1.82) is 0 Å². The van der Waals surface area contributed by atoms with Crippen molar-refractivity contribution in [3.63, 3.8) is 0 Å². The van der Waals surface area contributed by atoms with Gasteiger partial charge >= 0.3 is 0 Å². The average molecular weight is 270 g/mol. The zero-order chi connectivity index (χ0) is 13.8. The summed E-state index contributed by atoms with van der Waals surface area (Å²) in [6, 6.07) is 6.21. The van der Waals surface area contributed by atoms with Gasteiger partial charge in [0.15, 0.2) is 0 Å². The van der Waals surface area contributed by atoms with Crippen molar-refractivity contribution in [1.82, 2.24) is 4.41 Å². The Labute approximate surface area is 108 Å². The Hall–Kier alpha value is -1.40. The number of carbonyl (C=O) groups excluding carboxylic acids is 1. The van der Waals surface area contributed by atoms with Crippen molar-refractivity contribution in [2.75, 3.05) is 0 Å². The highest BCUT2D eigenvalue weighted by Crippen LogP contribution is 2.15. The van der Waals surface area contributed by atoms with Crippen LogP contribution in [0.4, 0.5) is 0 Å². The summed E-state index contributed by atoms with van der Waals surface area (Å²) >= 11 is 0. The van der Waals surface area contributed by atoms with Gasteiger partial charge < -0.3 is 0 Å². The predicted octanol–water partition coefficient (Wildman–Crippen LogP) is 1.58. The van der Waals surface area contributed by atoms with Gasteiger partial charge in [0.05, 0.1) is 4.90 Å². The number of amides is 1. The fraction of sp³-hybridized carbons (Fsp3) is 0.417. The highest BCUT2D eigenvalue weighted by atomic mass is 32.2. The van der Waals surface area contributed by atoms with E-state index in [9.17, 15) is 13.2 Å². The van der Waals surface area contributed by atoms with Gasteiger partial charge in [0, 0.05) is 6.42 Å². The second-order valence-electron chi connectivity index (χ2n) is 4.11. The van der Waals surface area contributed by atoms with Crippen molar-refractivity contribution < 1.29 is 13.2 Å². The van der Waals surface area contributed by atoms with Gasteiger partial charge in [0.1, 0.15) is 0 Å². The quantitative estimate of drug-likeness (QED) is 0.500. The van der Waals surface area contributed by atoms with E-state index >= 15 is 0 Å². The summed E-state index contributed by atoms with van der Waals surface area (Å²) in [6.07, 6.45) is 1.57. The second kappa shape index (κ2) is 5.97. The summed E-state index contributed by atoms with van der Waals surface area (Å²) < 4.78 is 24.4. The number of unbranched alkanes of at least 4 members (excludes halogenated alkanes) is 1. The molecule has 0 aliphatic carbocycles. The summed E-state index contributed by atoms with van der Waals surface area (Å²) in [5, 5.41) is 0. The molecule has 0 aromatic heterocycles. The Morgan fingerprint density at radius 3 is 2.33 bits per heavy atom. The van der Waals surface area contributed by atoms with Gasteiger partial charge in [-0.05, 0) is 25.5 Å². The van der Waals surface area contributed by atoms with Crippen LogP contribution in [0.25, 0.3) is 0 Å². The van der Waals surface area contributed by atoms with Gasteiger partial charge in [0.2, 0.25) is 0 Å². The Kier molecular flexibility index (Phi) is 4.86. The summed E-state index contributed by atoms with van der Waals surface area (Å²) in [5.74, 6) is 4.82. The molecule has 2 N–H and O–H groups in total. The maximum Gasteiger partial charge on any atom is 0.280 e. The largest absolute Gasteiger partial charge is 0.280 e. The average Bonchev–Trinajstić information content (AvgIpc) is 2.35. The van der Waals surface area contributed by atoms with Gasteiger partial charge in [-0.1, -0.05) is 31.0 Å². The molecule has 1 rings (SSSR count). The monoisotopic (exact) mass is 270 g/mol. The first kappa shape index (κ1) is 14.7. The van der Waals surface area contributed by atoms with Gasteiger partial charge in [-0.25, -0.2) is 5.84 Å². The summed E-state index contributed by atoms with van der Waals surface area (Å²) in [4.78, 5) is 11.6. The van der Waals surface area contributed by atoms with Crippen molar-refractivity contribution >= 4 is 15.9 Å². The van der Waals surface area contributed by atoms with Gasteiger partial charge in [0.25, 0.3) is 15.9 Å². The fourth-order valence-corrected chi connectivity index (χ4v) is 2.46. The van der Waals surface area contributed by atoms with Gasteiger partial charge in [-0.15, -0.1) is 0 Å². The molecule has 1 amide bonds. The van der Waals surface area contributed by atoms with Crippen molar-refractivity contribution in [3.8, 4) is 0 Å². The molecule has 0 bridgehead atoms. The third-order valence-electron chi connectivity index (χ3n) is 2.57. The van der Waals surface area contributed by atoms with Crippen LogP contribution in [0.5, 0.6) is 0 Å². The molecule has 18 heavy (non-hydrogen) atoms. The highest BCUT2D eigenvalue weighted by Gasteiger charge is 2.25. The van der Waals surface area contributed by atoms with E-state index in [0.29, 0.717) is 10.8 Å². The summed E-state index contributed by atoms with van der Waals surface area (Å²) in [5.41, 5.74) is 0.940. The summed E-state index contributed by atoms with van der Waals surface area (Å²) in [6.45, 7) is 3.77. The number of hydrogen-bond donors (Lipinski definition) is 1. The summed E-state index contributed by atoms with van der Waals surface area (Å²) in [7, 11) is -3.92. The van der Waals surface area contributed by atoms with Crippen LogP contribution in [0.1, 0.15) is 31.7 Å². The molecule has 1 aromatic carbocycles. The molecule has 5 nitrogen and oxygen atoms in total. The number of nitrogens with two attached hydrogens (primary N) is 1. The Morgan fingerprint density at radius 2 is 1.83 bits per heavy atom. The predicted molar refractivity (Wildman–Crippen MR) is 68.9 cm³/mol. The number of aryl methyl sites for hydroxylation is 1. The lowest BCUT2D eigenvalue weighted by atomic mass is 10.2. The number of rotatable bonds is 5. The molecule has 0 saturated heterocycles. The molecule has 0 atom stereocenters. The first-order valence-electron chi connectivity index (χ1n) is 5.79. The van der Waals surface area contributed by atoms with Gasteiger partial charge in [-0.2, -0.15) is 12.8 Å². The normalized spacial score (nSPS) is 11.3. The highest BCUT2D eigenvalue weighted by molar-refractivity contribution is 7.89. The number of carbonyl (C=O) groups is 1. The molecule has 0 aliphatic rings. The van der Waals surface area contributed by atoms with Crippen molar-refractivity contribution in [2.24, 2.45) is 5.84 Å². The molecule has 1 aromatic rings. The minimum absolute atomic E-state index is 0.0282. The van der Waals surface area contributed by atoms with E-state index in [4.69, 9.17) is 5.84 Å². The zero-order valence-corrected chi connectivity index (χ0v) is 11.4. The van der Waals surface area contributed by atoms with E-state index in [1.54, 1.807) is 12.1 Å². The van der Waals surface area contributed by atoms with Crippen LogP contribution in [0.3, 0.4) is 0 Å². The third-order valence-corrected chi connectivity index (χ3v) is 4.16. The Balaban J connectivity index is 2.92. The van der Waals surface area contributed by atoms with E-state index in [0.717, 1.165) is 12.0 Å². The van der Waals surface area contributed by atoms with E-state index in [1.165, 1.54) is 12.1 Å². The zero-order valence-electron chi connectivity index (χ0n) is 10.6. The molecule has 0 spiro atoms. The van der Waals surface area contributed by atoms with E-state index in [2.05, 4.69) is 0 Å². The first-order chi connectivity index (χ1) is 8.39. The van der Waals surface area contributed by atoms with Crippen LogP contribution in [0.15, 0.2) is 29.2 Å². The van der Waals surface area contributed by atoms with Crippen LogP contribution in [0.2, 0.25) is 0 Å². The molecular formula is C12H18N2O3S. The third kappa shape index (κ3) is 3.30. The first-order valence-corrected chi connectivity index (χ1v) is 7.23. The Bertz CT molecular complexity index is 509. The lowest BCUT2D eigenvalue weighted by Crippen LogP contribution is -2.42. The number of benzene rings is 1. The van der Waals surface area contributed by atoms with Crippen LogP contribution < -0.4 is 5.84 Å². The standard InChI is InChI=1S/C12H18N2O3S/c1-3-4-5-12(15)14(13)18(16,17)11-8-6-10(2)7-9-11/h6-9H,3-5,13H2,1-2H3. The molecule has 0 heterocycles. The van der Waals surface area contributed by atoms with E-state index < -0.39 is 15.9 Å². The van der Waals surface area contributed by atoms with Crippen molar-refractivity contribution in [2.45, 2.75) is 38.0 Å². The topological polar surface area (TPSA) is 80.5 Å². The lowest BCUT2D eigenvalue weighted by molar-refractivity contribution is -0.126. The smallest absolute Gasteiger partial charge is 0.272 e. The lowest BCUT2D eigenvalue weighted by Gasteiger charge is -2.16. The van der Waals surface area contributed by atoms with E-state index in [1.807, 2.05) is 13.8 Å². The number of hydrogen-bond acceptors (Lipinski definition) is 4. The molecule has 0 unspecified atom stereocenters. The molecule has 6 heteroatoms. The molecule has 100 valence electrons. The minimum atomic E-state index is -3.92. The van der Waals surface area contributed by atoms with Crippen LogP contribution >= 0.6 is 0 Å². The maximum atomic E-state index is 12.0. The van der Waals surface area contributed by atoms with Crippen molar-refractivity contribution in [3.05, 3.63) is 29.8 Å². The molecule has 0 fully saturated rings. The maximum absolute atomic E-state index is 12.0. The SMILES string of the molecule is CCCCC(=O)N(N)S(=O)(=O)c1ccc(C)cc1. The molecule has 0 radical (unpaired) electrons. The Morgan fingerprint density at radius 1 is 1.28 bits per heavy atom. The van der Waals surface area contributed by atoms with Crippen LogP contribution in [-0.4, -0.2) is 18.7 Å². The van der Waals surface area contributed by atoms with Gasteiger partial charge in [-0.3, -0.25) is 4.79 Å². The second-order valence-corrected chi connectivity index (χ2v) is 5.93. The van der Waals surface area contributed by atoms with Crippen LogP contribution in [0, 0.1) is 6.92 Å².